The number of hydrogen-bond donors (Lipinski definition) is 0. The molecule has 1 aromatic rings. The van der Waals surface area contributed by atoms with E-state index in [1.165, 1.54) is 7.11 Å². The molecule has 1 heterocycles. The largest absolute Gasteiger partial charge is 0.603 e. The second-order valence-electron chi connectivity index (χ2n) is 2.79. The molecule has 0 radical (unpaired) electrons. The van der Waals surface area contributed by atoms with Crippen molar-refractivity contribution in [3.8, 4) is 0 Å². The fourth-order valence-corrected chi connectivity index (χ4v) is 1.41. The average molecular weight is 264 g/mol. The first kappa shape index (κ1) is 11.0. The van der Waals surface area contributed by atoms with Crippen molar-refractivity contribution in [3.05, 3.63) is 4.60 Å². The van der Waals surface area contributed by atoms with E-state index in [1.807, 2.05) is 13.8 Å². The molecule has 6 nitrogen and oxygen atoms in total. The van der Waals surface area contributed by atoms with Crippen LogP contribution >= 0.6 is 15.9 Å². The molecule has 0 amide bonds. The van der Waals surface area contributed by atoms with Gasteiger partial charge in [0.2, 0.25) is 5.27 Å². The maximum Gasteiger partial charge on any atom is 0.342 e. The monoisotopic (exact) mass is 263 g/mol. The van der Waals surface area contributed by atoms with Gasteiger partial charge in [0.15, 0.2) is 12.1 Å². The summed E-state index contributed by atoms with van der Waals surface area (Å²) in [5, 5.41) is 14.5. The van der Waals surface area contributed by atoms with E-state index in [0.717, 1.165) is 0 Å². The zero-order valence-electron chi connectivity index (χ0n) is 8.02. The van der Waals surface area contributed by atoms with Crippen LogP contribution in [0.5, 0.6) is 0 Å². The summed E-state index contributed by atoms with van der Waals surface area (Å²) in [6.07, 6.45) is -0.724. The lowest BCUT2D eigenvalue weighted by atomic mass is 10.4. The van der Waals surface area contributed by atoms with E-state index >= 15 is 0 Å². The third-order valence-corrected chi connectivity index (χ3v) is 2.15. The lowest BCUT2D eigenvalue weighted by molar-refractivity contribution is -0.788. The van der Waals surface area contributed by atoms with Crippen LogP contribution in [0.1, 0.15) is 19.9 Å². The predicted octanol–water partition coefficient (Wildman–Crippen LogP) is 0.300. The molecule has 0 saturated carbocycles. The molecule has 7 heteroatoms. The zero-order chi connectivity index (χ0) is 10.7. The highest BCUT2D eigenvalue weighted by atomic mass is 79.9. The number of nitrogens with zero attached hydrogens (tertiary/aromatic N) is 3. The lowest BCUT2D eigenvalue weighted by Crippen LogP contribution is -2.38. The van der Waals surface area contributed by atoms with Crippen LogP contribution in [-0.4, -0.2) is 18.5 Å². The highest BCUT2D eigenvalue weighted by molar-refractivity contribution is 9.10. The third-order valence-electron chi connectivity index (χ3n) is 1.45. The maximum absolute atomic E-state index is 10.8. The quantitative estimate of drug-likeness (QED) is 0.437. The Morgan fingerprint density at radius 1 is 1.71 bits per heavy atom. The molecule has 0 fully saturated rings. The maximum atomic E-state index is 10.8. The van der Waals surface area contributed by atoms with Gasteiger partial charge in [-0.2, -0.15) is 4.99 Å². The van der Waals surface area contributed by atoms with Crippen molar-refractivity contribution >= 4 is 27.9 Å². The first-order valence-electron chi connectivity index (χ1n) is 3.93. The normalized spacial score (nSPS) is 12.2. The van der Waals surface area contributed by atoms with Gasteiger partial charge >= 0.3 is 10.5 Å². The minimum atomic E-state index is -0.724. The number of rotatable bonds is 2. The third kappa shape index (κ3) is 2.22. The SMILES string of the molecule is CO/C([O-])=N/c1on[n+](C(C)C)c1Br. The van der Waals surface area contributed by atoms with Gasteiger partial charge in [0.05, 0.1) is 0 Å². The Hall–Kier alpha value is -1.11. The van der Waals surface area contributed by atoms with E-state index in [-0.39, 0.29) is 11.9 Å². The fourth-order valence-electron chi connectivity index (χ4n) is 0.770. The lowest BCUT2D eigenvalue weighted by Gasteiger charge is -2.02. The molecule has 78 valence electrons. The summed E-state index contributed by atoms with van der Waals surface area (Å²) in [7, 11) is 1.24. The van der Waals surface area contributed by atoms with Gasteiger partial charge in [0.25, 0.3) is 0 Å². The number of ether oxygens (including phenoxy) is 1. The van der Waals surface area contributed by atoms with Crippen LogP contribution in [0.2, 0.25) is 0 Å². The summed E-state index contributed by atoms with van der Waals surface area (Å²) in [5.74, 6) is 0.102. The standard InChI is InChI=1S/C7H10BrN3O3/c1-4(2)11-5(8)6(14-10-11)9-7(12)13-3/h4H,1-3H3. The van der Waals surface area contributed by atoms with Crippen molar-refractivity contribution in [2.45, 2.75) is 19.9 Å². The average Bonchev–Trinajstić information content (AvgIpc) is 2.48. The van der Waals surface area contributed by atoms with E-state index in [1.54, 1.807) is 4.68 Å². The highest BCUT2D eigenvalue weighted by Crippen LogP contribution is 2.21. The Labute approximate surface area is 89.3 Å². The molecule has 0 atom stereocenters. The van der Waals surface area contributed by atoms with Gasteiger partial charge in [-0.25, -0.2) is 0 Å². The second-order valence-corrected chi connectivity index (χ2v) is 3.54. The van der Waals surface area contributed by atoms with Crippen LogP contribution in [0.3, 0.4) is 0 Å². The fraction of sp³-hybridized carbons (Fsp3) is 0.571. The minimum absolute atomic E-state index is 0.102. The molecule has 0 bridgehead atoms. The Bertz CT molecular complexity index is 348. The molecule has 0 aliphatic rings. The molecule has 1 rings (SSSR count). The van der Waals surface area contributed by atoms with Crippen LogP contribution in [0.15, 0.2) is 14.1 Å². The summed E-state index contributed by atoms with van der Waals surface area (Å²) >= 11 is 3.21. The smallest absolute Gasteiger partial charge is 0.342 e. The van der Waals surface area contributed by atoms with E-state index in [2.05, 4.69) is 30.9 Å². The number of methoxy groups -OCH3 is 1. The summed E-state index contributed by atoms with van der Waals surface area (Å²) in [5.41, 5.74) is 0. The first-order valence-corrected chi connectivity index (χ1v) is 4.72. The Kier molecular flexibility index (Phi) is 3.45. The van der Waals surface area contributed by atoms with Crippen molar-refractivity contribution < 1.29 is 19.0 Å². The zero-order valence-corrected chi connectivity index (χ0v) is 9.61. The van der Waals surface area contributed by atoms with Crippen molar-refractivity contribution in [2.24, 2.45) is 4.99 Å². The van der Waals surface area contributed by atoms with E-state index < -0.39 is 6.08 Å². The van der Waals surface area contributed by atoms with Crippen LogP contribution in [-0.2, 0) is 4.74 Å². The van der Waals surface area contributed by atoms with Crippen molar-refractivity contribution in [2.75, 3.05) is 7.11 Å². The van der Waals surface area contributed by atoms with E-state index in [9.17, 15) is 5.11 Å². The molecular formula is C7H10BrN3O3. The molecule has 0 aliphatic carbocycles. The molecule has 0 saturated heterocycles. The summed E-state index contributed by atoms with van der Waals surface area (Å²) < 4.78 is 11.3. The number of hydrogen-bond acceptors (Lipinski definition) is 5. The minimum Gasteiger partial charge on any atom is -0.603 e. The summed E-state index contributed by atoms with van der Waals surface area (Å²) in [6.45, 7) is 3.85. The number of halogens is 1. The molecule has 0 aromatic carbocycles. The van der Waals surface area contributed by atoms with E-state index in [0.29, 0.717) is 4.60 Å². The first-order chi connectivity index (χ1) is 6.56. The van der Waals surface area contributed by atoms with Crippen LogP contribution < -0.4 is 9.79 Å². The van der Waals surface area contributed by atoms with Crippen LogP contribution in [0.4, 0.5) is 5.88 Å². The second kappa shape index (κ2) is 4.41. The van der Waals surface area contributed by atoms with Gasteiger partial charge in [-0.3, -0.25) is 4.52 Å². The number of aromatic nitrogens is 2. The molecule has 0 aliphatic heterocycles. The Morgan fingerprint density at radius 2 is 2.36 bits per heavy atom. The molecule has 0 unspecified atom stereocenters. The van der Waals surface area contributed by atoms with Crippen LogP contribution in [0, 0.1) is 0 Å². The number of aliphatic imine (C=N–C) groups is 1. The van der Waals surface area contributed by atoms with Gasteiger partial charge in [-0.05, 0) is 11.8 Å². The van der Waals surface area contributed by atoms with Gasteiger partial charge in [0.1, 0.15) is 0 Å². The molecular weight excluding hydrogens is 254 g/mol. The molecule has 1 aromatic heterocycles. The highest BCUT2D eigenvalue weighted by Gasteiger charge is 2.24. The van der Waals surface area contributed by atoms with Crippen molar-refractivity contribution in [1.29, 1.82) is 0 Å². The van der Waals surface area contributed by atoms with Gasteiger partial charge in [0, 0.05) is 29.8 Å². The van der Waals surface area contributed by atoms with Crippen molar-refractivity contribution in [3.63, 3.8) is 0 Å². The predicted molar refractivity (Wildman–Crippen MR) is 48.9 cm³/mol. The van der Waals surface area contributed by atoms with Gasteiger partial charge < -0.3 is 9.84 Å². The van der Waals surface area contributed by atoms with Crippen LogP contribution in [0.25, 0.3) is 0 Å². The Morgan fingerprint density at radius 3 is 2.79 bits per heavy atom. The van der Waals surface area contributed by atoms with Gasteiger partial charge in [-0.1, -0.05) is 0 Å². The summed E-state index contributed by atoms with van der Waals surface area (Å²) in [6, 6.07) is 0.120. The van der Waals surface area contributed by atoms with E-state index in [4.69, 9.17) is 4.52 Å². The Balaban J connectivity index is 3.01. The molecule has 0 N–H and O–H groups in total. The molecule has 0 spiro atoms. The van der Waals surface area contributed by atoms with Crippen molar-refractivity contribution in [1.82, 2.24) is 5.27 Å². The molecule has 14 heavy (non-hydrogen) atoms. The topological polar surface area (TPSA) is 74.6 Å². The summed E-state index contributed by atoms with van der Waals surface area (Å²) in [4.78, 5) is 3.52. The van der Waals surface area contributed by atoms with Gasteiger partial charge in [-0.15, -0.1) is 0 Å².